The highest BCUT2D eigenvalue weighted by atomic mass is 15.1. The van der Waals surface area contributed by atoms with E-state index in [1.165, 1.54) is 5.69 Å². The Morgan fingerprint density at radius 3 is 2.94 bits per heavy atom. The van der Waals surface area contributed by atoms with E-state index in [2.05, 4.69) is 41.8 Å². The van der Waals surface area contributed by atoms with Crippen LogP contribution in [-0.2, 0) is 6.54 Å². The number of nitrogens with one attached hydrogen (secondary N) is 1. The molecule has 88 valence electrons. The first-order chi connectivity index (χ1) is 7.63. The fourth-order valence-corrected chi connectivity index (χ4v) is 1.55. The van der Waals surface area contributed by atoms with Crippen molar-refractivity contribution in [3.63, 3.8) is 0 Å². The summed E-state index contributed by atoms with van der Waals surface area (Å²) in [6.07, 6.45) is 1.86. The van der Waals surface area contributed by atoms with E-state index in [4.69, 9.17) is 0 Å². The van der Waals surface area contributed by atoms with E-state index in [0.717, 1.165) is 30.9 Å². The molecule has 0 aromatic carbocycles. The van der Waals surface area contributed by atoms with E-state index < -0.39 is 0 Å². The summed E-state index contributed by atoms with van der Waals surface area (Å²) in [5.74, 6) is 0. The number of likely N-dealkylation sites (N-methyl/N-ethyl adjacent to an activating group) is 1. The second-order valence-corrected chi connectivity index (χ2v) is 4.10. The predicted octanol–water partition coefficient (Wildman–Crippen LogP) is 2.20. The fraction of sp³-hybridized carbons (Fsp3) is 0.462. The van der Waals surface area contributed by atoms with Crippen LogP contribution in [0.1, 0.15) is 19.5 Å². The van der Waals surface area contributed by atoms with Crippen molar-refractivity contribution in [1.29, 1.82) is 0 Å². The third kappa shape index (κ3) is 4.03. The van der Waals surface area contributed by atoms with Crippen LogP contribution in [0.15, 0.2) is 30.5 Å². The molecule has 0 fully saturated rings. The highest BCUT2D eigenvalue weighted by Crippen LogP contribution is 2.13. The van der Waals surface area contributed by atoms with Gasteiger partial charge in [0.05, 0.1) is 5.69 Å². The molecule has 0 amide bonds. The Labute approximate surface area is 98.2 Å². The van der Waals surface area contributed by atoms with E-state index in [1.807, 2.05) is 19.2 Å². The SMILES string of the molecule is C=C(C)CN(C)c1ccnc(CNCC)c1. The number of anilines is 1. The van der Waals surface area contributed by atoms with E-state index in [1.54, 1.807) is 0 Å². The van der Waals surface area contributed by atoms with Gasteiger partial charge >= 0.3 is 0 Å². The molecule has 3 nitrogen and oxygen atoms in total. The number of aromatic nitrogens is 1. The van der Waals surface area contributed by atoms with Gasteiger partial charge in [0, 0.05) is 32.0 Å². The molecule has 0 aliphatic heterocycles. The Hall–Kier alpha value is -1.35. The Morgan fingerprint density at radius 1 is 1.56 bits per heavy atom. The highest BCUT2D eigenvalue weighted by Gasteiger charge is 2.02. The van der Waals surface area contributed by atoms with Crippen LogP contribution in [-0.4, -0.2) is 25.1 Å². The van der Waals surface area contributed by atoms with Gasteiger partial charge in [-0.3, -0.25) is 4.98 Å². The van der Waals surface area contributed by atoms with Crippen molar-refractivity contribution >= 4 is 5.69 Å². The molecule has 0 spiro atoms. The molecule has 0 radical (unpaired) electrons. The molecule has 3 heteroatoms. The molecule has 0 unspecified atom stereocenters. The smallest absolute Gasteiger partial charge is 0.0562 e. The maximum atomic E-state index is 4.33. The summed E-state index contributed by atoms with van der Waals surface area (Å²) in [6, 6.07) is 4.14. The lowest BCUT2D eigenvalue weighted by atomic mass is 10.2. The van der Waals surface area contributed by atoms with Gasteiger partial charge in [-0.1, -0.05) is 19.1 Å². The largest absolute Gasteiger partial charge is 0.371 e. The fourth-order valence-electron chi connectivity index (χ4n) is 1.55. The van der Waals surface area contributed by atoms with Crippen LogP contribution in [0.5, 0.6) is 0 Å². The van der Waals surface area contributed by atoms with Crippen LogP contribution in [0.3, 0.4) is 0 Å². The molecular weight excluding hydrogens is 198 g/mol. The third-order valence-corrected chi connectivity index (χ3v) is 2.30. The van der Waals surface area contributed by atoms with E-state index in [9.17, 15) is 0 Å². The Bertz CT molecular complexity index is 347. The molecule has 0 bridgehead atoms. The lowest BCUT2D eigenvalue weighted by molar-refractivity contribution is 0.710. The molecule has 0 aliphatic carbocycles. The van der Waals surface area contributed by atoms with Crippen LogP contribution in [0.25, 0.3) is 0 Å². The zero-order valence-electron chi connectivity index (χ0n) is 10.5. The van der Waals surface area contributed by atoms with Crippen LogP contribution >= 0.6 is 0 Å². The van der Waals surface area contributed by atoms with Gasteiger partial charge in [0.25, 0.3) is 0 Å². The van der Waals surface area contributed by atoms with E-state index >= 15 is 0 Å². The first-order valence-corrected chi connectivity index (χ1v) is 5.64. The van der Waals surface area contributed by atoms with Crippen molar-refractivity contribution in [2.45, 2.75) is 20.4 Å². The topological polar surface area (TPSA) is 28.2 Å². The Kier molecular flexibility index (Phi) is 4.99. The van der Waals surface area contributed by atoms with Crippen LogP contribution < -0.4 is 10.2 Å². The van der Waals surface area contributed by atoms with Crippen molar-refractivity contribution < 1.29 is 0 Å². The molecule has 0 saturated heterocycles. The van der Waals surface area contributed by atoms with Gasteiger partial charge in [0.2, 0.25) is 0 Å². The standard InChI is InChI=1S/C13H21N3/c1-5-14-9-12-8-13(6-7-15-12)16(4)10-11(2)3/h6-8,14H,2,5,9-10H2,1,3-4H3. The summed E-state index contributed by atoms with van der Waals surface area (Å²) in [6.45, 7) is 10.7. The number of rotatable bonds is 6. The molecule has 0 aliphatic rings. The second-order valence-electron chi connectivity index (χ2n) is 4.10. The first-order valence-electron chi connectivity index (χ1n) is 5.64. The molecule has 16 heavy (non-hydrogen) atoms. The lowest BCUT2D eigenvalue weighted by Crippen LogP contribution is -2.20. The second kappa shape index (κ2) is 6.28. The molecule has 1 rings (SSSR count). The summed E-state index contributed by atoms with van der Waals surface area (Å²) in [7, 11) is 2.07. The zero-order chi connectivity index (χ0) is 12.0. The summed E-state index contributed by atoms with van der Waals surface area (Å²) in [5, 5.41) is 3.27. The van der Waals surface area contributed by atoms with Crippen molar-refractivity contribution in [3.05, 3.63) is 36.2 Å². The van der Waals surface area contributed by atoms with Crippen LogP contribution in [0.4, 0.5) is 5.69 Å². The quantitative estimate of drug-likeness (QED) is 0.743. The van der Waals surface area contributed by atoms with Gasteiger partial charge in [-0.25, -0.2) is 0 Å². The number of nitrogens with zero attached hydrogens (tertiary/aromatic N) is 2. The summed E-state index contributed by atoms with van der Waals surface area (Å²) in [4.78, 5) is 6.51. The number of hydrogen-bond acceptors (Lipinski definition) is 3. The van der Waals surface area contributed by atoms with Gasteiger partial charge in [-0.15, -0.1) is 0 Å². The minimum Gasteiger partial charge on any atom is -0.371 e. The molecule has 0 saturated carbocycles. The van der Waals surface area contributed by atoms with Gasteiger partial charge < -0.3 is 10.2 Å². The summed E-state index contributed by atoms with van der Waals surface area (Å²) < 4.78 is 0. The normalized spacial score (nSPS) is 10.2. The maximum absolute atomic E-state index is 4.33. The average molecular weight is 219 g/mol. The summed E-state index contributed by atoms with van der Waals surface area (Å²) in [5.41, 5.74) is 3.42. The predicted molar refractivity (Wildman–Crippen MR) is 69.7 cm³/mol. The molecule has 0 atom stereocenters. The number of hydrogen-bond donors (Lipinski definition) is 1. The number of pyridine rings is 1. The van der Waals surface area contributed by atoms with Gasteiger partial charge in [-0.05, 0) is 25.6 Å². The summed E-state index contributed by atoms with van der Waals surface area (Å²) >= 11 is 0. The first kappa shape index (κ1) is 12.7. The average Bonchev–Trinajstić information content (AvgIpc) is 2.26. The van der Waals surface area contributed by atoms with E-state index in [0.29, 0.717) is 0 Å². The van der Waals surface area contributed by atoms with Crippen molar-refractivity contribution in [3.8, 4) is 0 Å². The Balaban J connectivity index is 2.69. The Morgan fingerprint density at radius 2 is 2.31 bits per heavy atom. The molecular formula is C13H21N3. The van der Waals surface area contributed by atoms with Crippen LogP contribution in [0.2, 0.25) is 0 Å². The molecule has 1 heterocycles. The monoisotopic (exact) mass is 219 g/mol. The minimum absolute atomic E-state index is 0.825. The highest BCUT2D eigenvalue weighted by molar-refractivity contribution is 5.46. The van der Waals surface area contributed by atoms with Gasteiger partial charge in [0.1, 0.15) is 0 Å². The molecule has 1 aromatic heterocycles. The lowest BCUT2D eigenvalue weighted by Gasteiger charge is -2.19. The van der Waals surface area contributed by atoms with Crippen molar-refractivity contribution in [2.24, 2.45) is 0 Å². The van der Waals surface area contributed by atoms with Crippen molar-refractivity contribution in [2.75, 3.05) is 25.0 Å². The minimum atomic E-state index is 0.825. The zero-order valence-corrected chi connectivity index (χ0v) is 10.5. The molecule has 1 N–H and O–H groups in total. The third-order valence-electron chi connectivity index (χ3n) is 2.30. The van der Waals surface area contributed by atoms with E-state index in [-0.39, 0.29) is 0 Å². The van der Waals surface area contributed by atoms with Crippen molar-refractivity contribution in [1.82, 2.24) is 10.3 Å². The van der Waals surface area contributed by atoms with Crippen LogP contribution in [0, 0.1) is 0 Å². The van der Waals surface area contributed by atoms with Gasteiger partial charge in [0.15, 0.2) is 0 Å². The molecule has 1 aromatic rings. The van der Waals surface area contributed by atoms with Gasteiger partial charge in [-0.2, -0.15) is 0 Å². The maximum Gasteiger partial charge on any atom is 0.0562 e.